The number of carbonyl (C=O) groups is 1. The fourth-order valence-electron chi connectivity index (χ4n) is 1.77. The SMILES string of the molecule is CC(C)(C)NC(=O)Cn1nc(C2CC2)ccc1=O. The van der Waals surface area contributed by atoms with Crippen LogP contribution in [0, 0.1) is 0 Å². The average molecular weight is 249 g/mol. The lowest BCUT2D eigenvalue weighted by molar-refractivity contribution is -0.123. The highest BCUT2D eigenvalue weighted by atomic mass is 16.2. The van der Waals surface area contributed by atoms with E-state index in [1.54, 1.807) is 6.07 Å². The molecule has 1 heterocycles. The summed E-state index contributed by atoms with van der Waals surface area (Å²) in [6.45, 7) is 5.70. The topological polar surface area (TPSA) is 64.0 Å². The minimum atomic E-state index is -0.297. The number of amides is 1. The van der Waals surface area contributed by atoms with Gasteiger partial charge in [0, 0.05) is 17.5 Å². The Hall–Kier alpha value is -1.65. The second-order valence-electron chi connectivity index (χ2n) is 5.83. The Morgan fingerprint density at radius 2 is 2.11 bits per heavy atom. The zero-order valence-electron chi connectivity index (χ0n) is 11.1. The number of aromatic nitrogens is 2. The van der Waals surface area contributed by atoms with Crippen LogP contribution in [0.3, 0.4) is 0 Å². The molecule has 0 aliphatic heterocycles. The molecule has 1 aliphatic carbocycles. The first-order valence-electron chi connectivity index (χ1n) is 6.24. The molecule has 1 fully saturated rings. The van der Waals surface area contributed by atoms with Crippen molar-refractivity contribution in [2.24, 2.45) is 0 Å². The molecule has 0 bridgehead atoms. The first-order valence-corrected chi connectivity index (χ1v) is 6.24. The molecular formula is C13H19N3O2. The Balaban J connectivity index is 2.10. The van der Waals surface area contributed by atoms with E-state index in [0.717, 1.165) is 18.5 Å². The summed E-state index contributed by atoms with van der Waals surface area (Å²) in [4.78, 5) is 23.4. The third-order valence-corrected chi connectivity index (χ3v) is 2.69. The first kappa shape index (κ1) is 12.8. The quantitative estimate of drug-likeness (QED) is 0.870. The van der Waals surface area contributed by atoms with Crippen LogP contribution < -0.4 is 10.9 Å². The van der Waals surface area contributed by atoms with Gasteiger partial charge < -0.3 is 5.32 Å². The molecule has 1 saturated carbocycles. The molecule has 1 aromatic rings. The third-order valence-electron chi connectivity index (χ3n) is 2.69. The second kappa shape index (κ2) is 4.55. The van der Waals surface area contributed by atoms with Crippen LogP contribution >= 0.6 is 0 Å². The Morgan fingerprint density at radius 1 is 1.44 bits per heavy atom. The zero-order chi connectivity index (χ0) is 13.3. The minimum absolute atomic E-state index is 0.0172. The Labute approximate surface area is 106 Å². The number of hydrogen-bond acceptors (Lipinski definition) is 3. The van der Waals surface area contributed by atoms with Gasteiger partial charge in [0.05, 0.1) is 5.69 Å². The highest BCUT2D eigenvalue weighted by Gasteiger charge is 2.25. The van der Waals surface area contributed by atoms with E-state index in [9.17, 15) is 9.59 Å². The van der Waals surface area contributed by atoms with E-state index in [2.05, 4.69) is 10.4 Å². The number of carbonyl (C=O) groups excluding carboxylic acids is 1. The Bertz CT molecular complexity index is 510. The van der Waals surface area contributed by atoms with Crippen molar-refractivity contribution >= 4 is 5.91 Å². The van der Waals surface area contributed by atoms with Crippen molar-refractivity contribution < 1.29 is 4.79 Å². The third kappa shape index (κ3) is 3.42. The van der Waals surface area contributed by atoms with Gasteiger partial charge in [0.15, 0.2) is 0 Å². The van der Waals surface area contributed by atoms with Crippen LogP contribution in [-0.2, 0) is 11.3 Å². The van der Waals surface area contributed by atoms with Gasteiger partial charge in [-0.15, -0.1) is 0 Å². The Morgan fingerprint density at radius 3 is 2.67 bits per heavy atom. The first-order chi connectivity index (χ1) is 8.35. The lowest BCUT2D eigenvalue weighted by Gasteiger charge is -2.20. The molecule has 1 amide bonds. The molecular weight excluding hydrogens is 230 g/mol. The van der Waals surface area contributed by atoms with E-state index in [-0.39, 0.29) is 23.6 Å². The van der Waals surface area contributed by atoms with Crippen LogP contribution in [0.5, 0.6) is 0 Å². The van der Waals surface area contributed by atoms with Crippen LogP contribution in [0.1, 0.15) is 45.2 Å². The van der Waals surface area contributed by atoms with Crippen LogP contribution in [0.25, 0.3) is 0 Å². The van der Waals surface area contributed by atoms with Crippen LogP contribution in [0.15, 0.2) is 16.9 Å². The molecule has 18 heavy (non-hydrogen) atoms. The number of rotatable bonds is 3. The van der Waals surface area contributed by atoms with Gasteiger partial charge in [-0.3, -0.25) is 9.59 Å². The normalized spacial score (nSPS) is 15.5. The fraction of sp³-hybridized carbons (Fsp3) is 0.615. The summed E-state index contributed by atoms with van der Waals surface area (Å²) < 4.78 is 1.24. The molecule has 0 atom stereocenters. The summed E-state index contributed by atoms with van der Waals surface area (Å²) in [5.41, 5.74) is 0.385. The molecule has 5 nitrogen and oxygen atoms in total. The molecule has 1 aromatic heterocycles. The van der Waals surface area contributed by atoms with E-state index in [1.807, 2.05) is 20.8 Å². The van der Waals surface area contributed by atoms with Crippen molar-refractivity contribution in [2.45, 2.75) is 51.6 Å². The highest BCUT2D eigenvalue weighted by Crippen LogP contribution is 2.38. The summed E-state index contributed by atoms with van der Waals surface area (Å²) in [5.74, 6) is 0.285. The van der Waals surface area contributed by atoms with E-state index in [1.165, 1.54) is 10.7 Å². The molecule has 0 radical (unpaired) electrons. The van der Waals surface area contributed by atoms with Crippen LogP contribution in [0.4, 0.5) is 0 Å². The number of hydrogen-bond donors (Lipinski definition) is 1. The average Bonchev–Trinajstić information content (AvgIpc) is 3.01. The van der Waals surface area contributed by atoms with Gasteiger partial charge in [-0.2, -0.15) is 5.10 Å². The van der Waals surface area contributed by atoms with Crippen molar-refractivity contribution in [2.75, 3.05) is 0 Å². The molecule has 0 saturated heterocycles. The molecule has 0 unspecified atom stereocenters. The second-order valence-corrected chi connectivity index (χ2v) is 5.83. The van der Waals surface area contributed by atoms with Gasteiger partial charge in [-0.1, -0.05) is 0 Å². The number of nitrogens with zero attached hydrogens (tertiary/aromatic N) is 2. The van der Waals surface area contributed by atoms with Crippen molar-refractivity contribution in [3.8, 4) is 0 Å². The van der Waals surface area contributed by atoms with Gasteiger partial charge in [-0.25, -0.2) is 4.68 Å². The molecule has 0 aromatic carbocycles. The monoisotopic (exact) mass is 249 g/mol. The molecule has 5 heteroatoms. The van der Waals surface area contributed by atoms with Crippen molar-refractivity contribution in [1.82, 2.24) is 15.1 Å². The summed E-state index contributed by atoms with van der Waals surface area (Å²) in [6.07, 6.45) is 2.25. The largest absolute Gasteiger partial charge is 0.350 e. The van der Waals surface area contributed by atoms with E-state index < -0.39 is 0 Å². The van der Waals surface area contributed by atoms with Gasteiger partial charge in [0.1, 0.15) is 6.54 Å². The van der Waals surface area contributed by atoms with Crippen LogP contribution in [-0.4, -0.2) is 21.2 Å². The fourth-order valence-corrected chi connectivity index (χ4v) is 1.77. The van der Waals surface area contributed by atoms with Gasteiger partial charge in [0.25, 0.3) is 5.56 Å². The lowest BCUT2D eigenvalue weighted by Crippen LogP contribution is -2.43. The van der Waals surface area contributed by atoms with Crippen molar-refractivity contribution in [1.29, 1.82) is 0 Å². The molecule has 2 rings (SSSR count). The van der Waals surface area contributed by atoms with E-state index in [0.29, 0.717) is 5.92 Å². The van der Waals surface area contributed by atoms with Gasteiger partial charge >= 0.3 is 0 Å². The highest BCUT2D eigenvalue weighted by molar-refractivity contribution is 5.76. The summed E-state index contributed by atoms with van der Waals surface area (Å²) in [5, 5.41) is 7.07. The summed E-state index contributed by atoms with van der Waals surface area (Å²) >= 11 is 0. The van der Waals surface area contributed by atoms with Crippen LogP contribution in [0.2, 0.25) is 0 Å². The van der Waals surface area contributed by atoms with E-state index in [4.69, 9.17) is 0 Å². The standard InChI is InChI=1S/C13H19N3O2/c1-13(2,3)14-11(17)8-16-12(18)7-6-10(15-16)9-4-5-9/h6-7,9H,4-5,8H2,1-3H3,(H,14,17). The smallest absolute Gasteiger partial charge is 0.267 e. The van der Waals surface area contributed by atoms with Gasteiger partial charge in [0.2, 0.25) is 5.91 Å². The molecule has 0 spiro atoms. The predicted molar refractivity (Wildman–Crippen MR) is 68.4 cm³/mol. The van der Waals surface area contributed by atoms with Crippen molar-refractivity contribution in [3.63, 3.8) is 0 Å². The number of nitrogens with one attached hydrogen (secondary N) is 1. The molecule has 98 valence electrons. The van der Waals surface area contributed by atoms with E-state index >= 15 is 0 Å². The summed E-state index contributed by atoms with van der Waals surface area (Å²) in [7, 11) is 0. The van der Waals surface area contributed by atoms with Crippen molar-refractivity contribution in [3.05, 3.63) is 28.2 Å². The van der Waals surface area contributed by atoms with Gasteiger partial charge in [-0.05, 0) is 39.7 Å². The zero-order valence-corrected chi connectivity index (χ0v) is 11.1. The maximum absolute atomic E-state index is 11.8. The molecule has 1 N–H and O–H groups in total. The minimum Gasteiger partial charge on any atom is -0.350 e. The maximum Gasteiger partial charge on any atom is 0.267 e. The maximum atomic E-state index is 11.8. The molecule has 1 aliphatic rings. The predicted octanol–water partition coefficient (Wildman–Crippen LogP) is 1.04. The Kier molecular flexibility index (Phi) is 3.24. The summed E-state index contributed by atoms with van der Waals surface area (Å²) in [6, 6.07) is 3.25. The lowest BCUT2D eigenvalue weighted by atomic mass is 10.1.